The van der Waals surface area contributed by atoms with Crippen molar-refractivity contribution in [2.24, 2.45) is 5.73 Å². The van der Waals surface area contributed by atoms with Crippen LogP contribution in [0.3, 0.4) is 0 Å². The minimum Gasteiger partial charge on any atom is -0.457 e. The van der Waals surface area contributed by atoms with Crippen molar-refractivity contribution in [3.63, 3.8) is 0 Å². The Balaban J connectivity index is 4.08. The average Bonchev–Trinajstić information content (AvgIpc) is 3.07. The zero-order chi connectivity index (χ0) is 35.2. The van der Waals surface area contributed by atoms with E-state index in [4.69, 9.17) is 24.3 Å². The minimum atomic E-state index is -4.27. The van der Waals surface area contributed by atoms with Gasteiger partial charge in [0.05, 0.1) is 19.8 Å². The molecule has 3 N–H and O–H groups in total. The number of carbonyl (C=O) groups is 1. The van der Waals surface area contributed by atoms with E-state index in [1.807, 2.05) is 0 Å². The Labute approximate surface area is 295 Å². The van der Waals surface area contributed by atoms with Gasteiger partial charge in [-0.1, -0.05) is 147 Å². The highest BCUT2D eigenvalue weighted by atomic mass is 31.2. The number of allylic oxidation sites excluding steroid dienone is 6. The fraction of sp³-hybridized carbons (Fsp3) is 0.821. The SMILES string of the molecule is CCCCC/C=C\C/C=C\C/C=C\CCCCCCCCC(=O)OC(COCCCCCCCCCCCC)COP(=O)(O)OCCN. The number of carbonyl (C=O) groups excluding carboxylic acids is 1. The highest BCUT2D eigenvalue weighted by molar-refractivity contribution is 7.47. The van der Waals surface area contributed by atoms with Crippen molar-refractivity contribution < 1.29 is 32.8 Å². The molecule has 0 aromatic carbocycles. The van der Waals surface area contributed by atoms with Crippen molar-refractivity contribution >= 4 is 13.8 Å². The summed E-state index contributed by atoms with van der Waals surface area (Å²) in [7, 11) is -4.27. The van der Waals surface area contributed by atoms with E-state index < -0.39 is 13.9 Å². The molecule has 2 unspecified atom stereocenters. The van der Waals surface area contributed by atoms with Crippen molar-refractivity contribution in [2.45, 2.75) is 174 Å². The number of hydrogen-bond acceptors (Lipinski definition) is 7. The third kappa shape index (κ3) is 36.0. The number of hydrogen-bond donors (Lipinski definition) is 2. The number of esters is 1. The Kier molecular flexibility index (Phi) is 36.0. The predicted molar refractivity (Wildman–Crippen MR) is 201 cm³/mol. The molecule has 0 saturated heterocycles. The van der Waals surface area contributed by atoms with Crippen LogP contribution in [0, 0.1) is 0 Å². The summed E-state index contributed by atoms with van der Waals surface area (Å²) < 4.78 is 33.3. The summed E-state index contributed by atoms with van der Waals surface area (Å²) in [6.45, 7) is 4.87. The molecule has 282 valence electrons. The van der Waals surface area contributed by atoms with Gasteiger partial charge >= 0.3 is 13.8 Å². The van der Waals surface area contributed by atoms with Gasteiger partial charge < -0.3 is 20.1 Å². The second-order valence-electron chi connectivity index (χ2n) is 12.8. The van der Waals surface area contributed by atoms with Crippen LogP contribution in [0.15, 0.2) is 36.5 Å². The Morgan fingerprint density at radius 2 is 1.10 bits per heavy atom. The highest BCUT2D eigenvalue weighted by Gasteiger charge is 2.25. The summed E-state index contributed by atoms with van der Waals surface area (Å²) in [6, 6.07) is 0. The Morgan fingerprint density at radius 3 is 1.69 bits per heavy atom. The van der Waals surface area contributed by atoms with Gasteiger partial charge in [-0.15, -0.1) is 0 Å². The molecule has 0 spiro atoms. The van der Waals surface area contributed by atoms with E-state index in [0.717, 1.165) is 57.8 Å². The summed E-state index contributed by atoms with van der Waals surface area (Å²) >= 11 is 0. The van der Waals surface area contributed by atoms with Gasteiger partial charge in [-0.2, -0.15) is 0 Å². The molecule has 0 aliphatic carbocycles. The van der Waals surface area contributed by atoms with E-state index in [0.29, 0.717) is 13.0 Å². The summed E-state index contributed by atoms with van der Waals surface area (Å²) in [4.78, 5) is 22.4. The first-order valence-corrected chi connectivity index (χ1v) is 21.0. The van der Waals surface area contributed by atoms with Gasteiger partial charge in [0.15, 0.2) is 0 Å². The van der Waals surface area contributed by atoms with Crippen molar-refractivity contribution in [2.75, 3.05) is 33.0 Å². The van der Waals surface area contributed by atoms with E-state index in [2.05, 4.69) is 50.3 Å². The molecule has 0 aliphatic rings. The van der Waals surface area contributed by atoms with E-state index in [1.54, 1.807) is 0 Å². The van der Waals surface area contributed by atoms with Gasteiger partial charge in [0.2, 0.25) is 0 Å². The van der Waals surface area contributed by atoms with Crippen LogP contribution in [0.5, 0.6) is 0 Å². The molecule has 0 amide bonds. The largest absolute Gasteiger partial charge is 0.472 e. The van der Waals surface area contributed by atoms with Gasteiger partial charge in [0.25, 0.3) is 0 Å². The Bertz CT molecular complexity index is 833. The molecule has 0 fully saturated rings. The van der Waals surface area contributed by atoms with Crippen LogP contribution in [0.1, 0.15) is 168 Å². The standard InChI is InChI=1S/C39H74NO7P/c1-3-5-7-9-11-13-15-16-17-18-19-20-21-22-23-24-26-28-30-32-39(41)47-38(37-46-48(42,43)45-35-33-40)36-44-34-31-29-27-25-14-12-10-8-6-4-2/h11,13,16-17,19-20,38H,3-10,12,14-15,18,21-37,40H2,1-2H3,(H,42,43)/b13-11-,17-16-,20-19-. The number of rotatable bonds is 37. The van der Waals surface area contributed by atoms with Crippen LogP contribution in [-0.2, 0) is 27.9 Å². The Hall–Kier alpha value is -1.28. The van der Waals surface area contributed by atoms with E-state index in [9.17, 15) is 14.3 Å². The van der Waals surface area contributed by atoms with Gasteiger partial charge in [-0.05, 0) is 51.4 Å². The molecule has 0 aliphatic heterocycles. The van der Waals surface area contributed by atoms with E-state index in [-0.39, 0.29) is 32.3 Å². The van der Waals surface area contributed by atoms with E-state index in [1.165, 1.54) is 89.9 Å². The van der Waals surface area contributed by atoms with Gasteiger partial charge in [0, 0.05) is 19.6 Å². The van der Waals surface area contributed by atoms with Crippen LogP contribution in [0.25, 0.3) is 0 Å². The maximum atomic E-state index is 12.5. The fourth-order valence-electron chi connectivity index (χ4n) is 5.18. The Morgan fingerprint density at radius 1 is 0.625 bits per heavy atom. The first kappa shape index (κ1) is 46.7. The normalized spacial score (nSPS) is 14.0. The van der Waals surface area contributed by atoms with Crippen LogP contribution in [0.2, 0.25) is 0 Å². The average molecular weight is 700 g/mol. The summed E-state index contributed by atoms with van der Waals surface area (Å²) in [5, 5.41) is 0. The van der Waals surface area contributed by atoms with Crippen molar-refractivity contribution in [1.82, 2.24) is 0 Å². The maximum absolute atomic E-state index is 12.5. The number of nitrogens with two attached hydrogens (primary N) is 1. The second kappa shape index (κ2) is 37.0. The lowest BCUT2D eigenvalue weighted by Gasteiger charge is -2.20. The van der Waals surface area contributed by atoms with Crippen molar-refractivity contribution in [1.29, 1.82) is 0 Å². The summed E-state index contributed by atoms with van der Waals surface area (Å²) in [5.41, 5.74) is 5.35. The van der Waals surface area contributed by atoms with Gasteiger partial charge in [0.1, 0.15) is 6.10 Å². The molecule has 0 saturated carbocycles. The molecular formula is C39H74NO7P. The molecule has 8 nitrogen and oxygen atoms in total. The van der Waals surface area contributed by atoms with Gasteiger partial charge in [-0.25, -0.2) is 4.57 Å². The van der Waals surface area contributed by atoms with Gasteiger partial charge in [-0.3, -0.25) is 13.8 Å². The zero-order valence-corrected chi connectivity index (χ0v) is 31.9. The monoisotopic (exact) mass is 700 g/mol. The molecule has 0 aromatic rings. The lowest BCUT2D eigenvalue weighted by Crippen LogP contribution is -2.28. The summed E-state index contributed by atoms with van der Waals surface area (Å²) in [6.07, 6.45) is 40.1. The van der Waals surface area contributed by atoms with Crippen LogP contribution in [-0.4, -0.2) is 49.9 Å². The number of phosphoric ester groups is 1. The molecule has 2 atom stereocenters. The number of ether oxygens (including phenoxy) is 2. The van der Waals surface area contributed by atoms with Crippen LogP contribution in [0.4, 0.5) is 0 Å². The quantitative estimate of drug-likeness (QED) is 0.0285. The lowest BCUT2D eigenvalue weighted by atomic mass is 10.1. The highest BCUT2D eigenvalue weighted by Crippen LogP contribution is 2.43. The minimum absolute atomic E-state index is 0.0979. The molecule has 0 rings (SSSR count). The molecule has 0 aromatic heterocycles. The molecule has 9 heteroatoms. The number of phosphoric acid groups is 1. The molecule has 0 heterocycles. The smallest absolute Gasteiger partial charge is 0.457 e. The summed E-state index contributed by atoms with van der Waals surface area (Å²) in [5.74, 6) is -0.344. The number of unbranched alkanes of at least 4 members (excludes halogenated alkanes) is 18. The second-order valence-corrected chi connectivity index (χ2v) is 14.2. The molecule has 0 bridgehead atoms. The van der Waals surface area contributed by atoms with E-state index >= 15 is 0 Å². The first-order chi connectivity index (χ1) is 23.4. The first-order valence-electron chi connectivity index (χ1n) is 19.5. The van der Waals surface area contributed by atoms with Crippen LogP contribution < -0.4 is 5.73 Å². The predicted octanol–water partition coefficient (Wildman–Crippen LogP) is 11.1. The van der Waals surface area contributed by atoms with Crippen LogP contribution >= 0.6 is 7.82 Å². The molecular weight excluding hydrogens is 625 g/mol. The van der Waals surface area contributed by atoms with Crippen molar-refractivity contribution in [3.05, 3.63) is 36.5 Å². The molecule has 48 heavy (non-hydrogen) atoms. The topological polar surface area (TPSA) is 117 Å². The fourth-order valence-corrected chi connectivity index (χ4v) is 5.94. The lowest BCUT2D eigenvalue weighted by molar-refractivity contribution is -0.154. The third-order valence-electron chi connectivity index (χ3n) is 8.06. The molecule has 0 radical (unpaired) electrons. The third-order valence-corrected chi connectivity index (χ3v) is 9.04. The van der Waals surface area contributed by atoms with Crippen molar-refractivity contribution in [3.8, 4) is 0 Å². The maximum Gasteiger partial charge on any atom is 0.472 e. The zero-order valence-electron chi connectivity index (χ0n) is 31.0.